The normalized spacial score (nSPS) is 15.0. The largest absolute Gasteiger partial charge is 0.482 e. The van der Waals surface area contributed by atoms with Crippen molar-refractivity contribution in [2.24, 2.45) is 5.41 Å². The number of rotatable bonds is 10. The Kier molecular flexibility index (Phi) is 5.98. The number of nitrogens with one attached hydrogen (secondary N) is 1. The van der Waals surface area contributed by atoms with Crippen molar-refractivity contribution in [1.29, 1.82) is 0 Å². The van der Waals surface area contributed by atoms with Crippen LogP contribution in [0.2, 0.25) is 0 Å². The number of carboxylic acid groups (broad SMARTS) is 1. The van der Waals surface area contributed by atoms with E-state index in [1.54, 1.807) is 19.2 Å². The number of ether oxygens (including phenoxy) is 2. The zero-order chi connectivity index (χ0) is 16.7. The van der Waals surface area contributed by atoms with Crippen molar-refractivity contribution in [1.82, 2.24) is 5.32 Å². The van der Waals surface area contributed by atoms with Crippen LogP contribution >= 0.6 is 0 Å². The molecule has 1 aromatic rings. The lowest BCUT2D eigenvalue weighted by atomic mass is 10.0. The lowest BCUT2D eigenvalue weighted by Crippen LogP contribution is -2.34. The van der Waals surface area contributed by atoms with Crippen LogP contribution in [0.25, 0.3) is 0 Å². The van der Waals surface area contributed by atoms with E-state index < -0.39 is 5.97 Å². The van der Waals surface area contributed by atoms with E-state index in [2.05, 4.69) is 5.32 Å². The summed E-state index contributed by atoms with van der Waals surface area (Å²) < 4.78 is 10.1. The van der Waals surface area contributed by atoms with Crippen LogP contribution in [-0.4, -0.2) is 43.9 Å². The smallest absolute Gasteiger partial charge is 0.341 e. The molecule has 0 atom stereocenters. The molecule has 2 N–H and O–H groups in total. The highest BCUT2D eigenvalue weighted by Gasteiger charge is 2.48. The molecule has 0 heterocycles. The zero-order valence-electron chi connectivity index (χ0n) is 13.3. The molecule has 6 nitrogen and oxygen atoms in total. The number of benzene rings is 1. The molecule has 0 spiro atoms. The van der Waals surface area contributed by atoms with Crippen LogP contribution in [0.3, 0.4) is 0 Å². The molecule has 6 heteroatoms. The minimum Gasteiger partial charge on any atom is -0.482 e. The highest BCUT2D eigenvalue weighted by Crippen LogP contribution is 2.48. The van der Waals surface area contributed by atoms with E-state index in [0.717, 1.165) is 31.2 Å². The SMILES string of the molecule is COCCC1(C(=O)NCCc2ccc(OCC(=O)O)cc2)CC1. The van der Waals surface area contributed by atoms with Gasteiger partial charge in [-0.25, -0.2) is 4.79 Å². The topological polar surface area (TPSA) is 84.9 Å². The van der Waals surface area contributed by atoms with Gasteiger partial charge < -0.3 is 19.9 Å². The van der Waals surface area contributed by atoms with Crippen molar-refractivity contribution in [3.8, 4) is 5.75 Å². The molecular weight excluding hydrogens is 298 g/mol. The van der Waals surface area contributed by atoms with Gasteiger partial charge in [0.1, 0.15) is 5.75 Å². The molecular formula is C17H23NO5. The fourth-order valence-corrected chi connectivity index (χ4v) is 2.44. The Labute approximate surface area is 135 Å². The van der Waals surface area contributed by atoms with Gasteiger partial charge in [0.25, 0.3) is 0 Å². The van der Waals surface area contributed by atoms with Crippen LogP contribution in [-0.2, 0) is 20.7 Å². The summed E-state index contributed by atoms with van der Waals surface area (Å²) in [6.07, 6.45) is 3.39. The summed E-state index contributed by atoms with van der Waals surface area (Å²) in [5.74, 6) is -0.355. The summed E-state index contributed by atoms with van der Waals surface area (Å²) in [6, 6.07) is 7.23. The first kappa shape index (κ1) is 17.3. The number of hydrogen-bond donors (Lipinski definition) is 2. The second-order valence-electron chi connectivity index (χ2n) is 5.86. The Morgan fingerprint density at radius 1 is 1.26 bits per heavy atom. The van der Waals surface area contributed by atoms with Crippen molar-refractivity contribution in [3.05, 3.63) is 29.8 Å². The first-order chi connectivity index (χ1) is 11.1. The predicted octanol–water partition coefficient (Wildman–Crippen LogP) is 1.63. The molecule has 1 fully saturated rings. The third-order valence-electron chi connectivity index (χ3n) is 4.10. The number of carbonyl (C=O) groups excluding carboxylic acids is 1. The van der Waals surface area contributed by atoms with Gasteiger partial charge >= 0.3 is 5.97 Å². The Balaban J connectivity index is 1.71. The molecule has 126 valence electrons. The van der Waals surface area contributed by atoms with Gasteiger partial charge in [0.05, 0.1) is 5.41 Å². The number of hydrogen-bond acceptors (Lipinski definition) is 4. The predicted molar refractivity (Wildman–Crippen MR) is 84.4 cm³/mol. The summed E-state index contributed by atoms with van der Waals surface area (Å²) in [6.45, 7) is 0.854. The van der Waals surface area contributed by atoms with Gasteiger partial charge in [-0.05, 0) is 43.4 Å². The molecule has 1 saturated carbocycles. The molecule has 0 bridgehead atoms. The summed E-state index contributed by atoms with van der Waals surface area (Å²) in [5, 5.41) is 11.5. The minimum absolute atomic E-state index is 0.121. The molecule has 1 amide bonds. The van der Waals surface area contributed by atoms with Gasteiger partial charge in [-0.2, -0.15) is 0 Å². The molecule has 1 aliphatic carbocycles. The molecule has 1 aliphatic rings. The van der Waals surface area contributed by atoms with Crippen molar-refractivity contribution < 1.29 is 24.2 Å². The standard InChI is InChI=1S/C17H23NO5/c1-22-11-9-17(7-8-17)16(21)18-10-6-13-2-4-14(5-3-13)23-12-15(19)20/h2-5H,6-12H2,1H3,(H,18,21)(H,19,20). The van der Waals surface area contributed by atoms with E-state index in [9.17, 15) is 9.59 Å². The van der Waals surface area contributed by atoms with Crippen molar-refractivity contribution >= 4 is 11.9 Å². The Hall–Kier alpha value is -2.08. The number of carbonyl (C=O) groups is 2. The third-order valence-corrected chi connectivity index (χ3v) is 4.10. The van der Waals surface area contributed by atoms with Crippen LogP contribution in [0.5, 0.6) is 5.75 Å². The fraction of sp³-hybridized carbons (Fsp3) is 0.529. The van der Waals surface area contributed by atoms with E-state index in [4.69, 9.17) is 14.6 Å². The van der Waals surface area contributed by atoms with Gasteiger partial charge in [0.15, 0.2) is 6.61 Å². The van der Waals surface area contributed by atoms with Gasteiger partial charge in [-0.3, -0.25) is 4.79 Å². The quantitative estimate of drug-likeness (QED) is 0.684. The Morgan fingerprint density at radius 2 is 1.96 bits per heavy atom. The number of amides is 1. The van der Waals surface area contributed by atoms with Crippen molar-refractivity contribution in [3.63, 3.8) is 0 Å². The van der Waals surface area contributed by atoms with E-state index in [1.165, 1.54) is 0 Å². The Bertz CT molecular complexity index is 536. The molecule has 2 rings (SSSR count). The van der Waals surface area contributed by atoms with E-state index in [1.807, 2.05) is 12.1 Å². The number of methoxy groups -OCH3 is 1. The lowest BCUT2D eigenvalue weighted by molar-refractivity contribution is -0.139. The van der Waals surface area contributed by atoms with Gasteiger partial charge in [-0.15, -0.1) is 0 Å². The van der Waals surface area contributed by atoms with E-state index in [0.29, 0.717) is 18.9 Å². The molecule has 0 radical (unpaired) electrons. The number of carboxylic acids is 1. The van der Waals surface area contributed by atoms with Crippen LogP contribution in [0.4, 0.5) is 0 Å². The average Bonchev–Trinajstić information content (AvgIpc) is 3.33. The highest BCUT2D eigenvalue weighted by molar-refractivity contribution is 5.85. The highest BCUT2D eigenvalue weighted by atomic mass is 16.5. The fourth-order valence-electron chi connectivity index (χ4n) is 2.44. The second kappa shape index (κ2) is 7.97. The van der Waals surface area contributed by atoms with Crippen LogP contribution in [0.1, 0.15) is 24.8 Å². The average molecular weight is 321 g/mol. The summed E-state index contributed by atoms with van der Waals surface area (Å²) in [4.78, 5) is 22.6. The van der Waals surface area contributed by atoms with Crippen LogP contribution < -0.4 is 10.1 Å². The zero-order valence-corrected chi connectivity index (χ0v) is 13.3. The number of aliphatic carboxylic acids is 1. The maximum atomic E-state index is 12.2. The molecule has 0 aliphatic heterocycles. The van der Waals surface area contributed by atoms with Crippen molar-refractivity contribution in [2.45, 2.75) is 25.7 Å². The van der Waals surface area contributed by atoms with E-state index in [-0.39, 0.29) is 17.9 Å². The van der Waals surface area contributed by atoms with Gasteiger partial charge in [-0.1, -0.05) is 12.1 Å². The molecule has 0 aromatic heterocycles. The van der Waals surface area contributed by atoms with Crippen LogP contribution in [0.15, 0.2) is 24.3 Å². The minimum atomic E-state index is -1.00. The summed E-state index contributed by atoms with van der Waals surface area (Å²) in [7, 11) is 1.65. The molecule has 0 unspecified atom stereocenters. The first-order valence-corrected chi connectivity index (χ1v) is 7.76. The van der Waals surface area contributed by atoms with Gasteiger partial charge in [0, 0.05) is 20.3 Å². The maximum absolute atomic E-state index is 12.2. The maximum Gasteiger partial charge on any atom is 0.341 e. The van der Waals surface area contributed by atoms with E-state index >= 15 is 0 Å². The second-order valence-corrected chi connectivity index (χ2v) is 5.86. The van der Waals surface area contributed by atoms with Gasteiger partial charge in [0.2, 0.25) is 5.91 Å². The molecule has 0 saturated heterocycles. The summed E-state index contributed by atoms with van der Waals surface area (Å²) in [5.41, 5.74) is 0.861. The first-order valence-electron chi connectivity index (χ1n) is 7.76. The molecule has 1 aromatic carbocycles. The monoisotopic (exact) mass is 321 g/mol. The van der Waals surface area contributed by atoms with Crippen LogP contribution in [0, 0.1) is 5.41 Å². The van der Waals surface area contributed by atoms with Crippen molar-refractivity contribution in [2.75, 3.05) is 26.9 Å². The lowest BCUT2D eigenvalue weighted by Gasteiger charge is -2.14. The summed E-state index contributed by atoms with van der Waals surface area (Å²) >= 11 is 0. The Morgan fingerprint density at radius 3 is 2.52 bits per heavy atom. The third kappa shape index (κ3) is 5.25. The molecule has 23 heavy (non-hydrogen) atoms.